The minimum atomic E-state index is -0.153. The van der Waals surface area contributed by atoms with Gasteiger partial charge < -0.3 is 0 Å². The van der Waals surface area contributed by atoms with Crippen LogP contribution in [-0.4, -0.2) is 0 Å². The van der Waals surface area contributed by atoms with Gasteiger partial charge in [-0.25, -0.2) is 0 Å². The zero-order valence-electron chi connectivity index (χ0n) is 6.99. The Morgan fingerprint density at radius 1 is 1.25 bits per heavy atom. The Morgan fingerprint density at radius 3 is 2.67 bits per heavy atom. The Bertz CT molecular complexity index is 325. The molecule has 1 aromatic rings. The van der Waals surface area contributed by atoms with Crippen LogP contribution in [0, 0.1) is 13.0 Å². The molecule has 0 spiro atoms. The van der Waals surface area contributed by atoms with Crippen LogP contribution in [0.2, 0.25) is 0 Å². The van der Waals surface area contributed by atoms with Crippen molar-refractivity contribution in [3.05, 3.63) is 52.8 Å². The fraction of sp³-hybridized carbons (Fsp3) is 0.0909. The highest BCUT2D eigenvalue weighted by Crippen LogP contribution is 2.43. The first kappa shape index (κ1) is 7.69. The molecule has 12 heavy (non-hydrogen) atoms. The van der Waals surface area contributed by atoms with Crippen molar-refractivity contribution in [2.45, 2.75) is 11.8 Å². The van der Waals surface area contributed by atoms with Crippen LogP contribution < -0.4 is 0 Å². The van der Waals surface area contributed by atoms with Gasteiger partial charge in [-0.2, -0.15) is 10.9 Å². The van der Waals surface area contributed by atoms with Gasteiger partial charge in [-0.05, 0) is 40.3 Å². The summed E-state index contributed by atoms with van der Waals surface area (Å²) in [6.07, 6.45) is 4.25. The van der Waals surface area contributed by atoms with Crippen molar-refractivity contribution in [3.8, 4) is 0 Å². The standard InChI is InChI=1S/C11H11S/c1-10-6-2-3-7-11(10)12-8-4-5-9-12/h2,4-9,12H,1H3. The number of hydrogen-bond donors (Lipinski definition) is 1. The maximum atomic E-state index is 3.13. The maximum Gasteiger partial charge on any atom is -0.00196 e. The molecule has 0 bridgehead atoms. The fourth-order valence-corrected chi connectivity index (χ4v) is 2.97. The number of allylic oxidation sites excluding steroid dienone is 2. The number of benzene rings is 1. The molecule has 0 fully saturated rings. The van der Waals surface area contributed by atoms with Gasteiger partial charge >= 0.3 is 0 Å². The molecule has 0 aliphatic carbocycles. The first-order chi connectivity index (χ1) is 5.88. The van der Waals surface area contributed by atoms with Crippen molar-refractivity contribution in [1.82, 2.24) is 0 Å². The molecule has 0 unspecified atom stereocenters. The van der Waals surface area contributed by atoms with Crippen LogP contribution in [0.25, 0.3) is 0 Å². The summed E-state index contributed by atoms with van der Waals surface area (Å²) in [7, 11) is -0.153. The SMILES string of the molecule is Cc1cc[c]cc1[SH]1C=CC=C1. The summed E-state index contributed by atoms with van der Waals surface area (Å²) in [5.74, 6) is 0. The summed E-state index contributed by atoms with van der Waals surface area (Å²) in [5.41, 5.74) is 1.37. The molecule has 1 heterocycles. The van der Waals surface area contributed by atoms with E-state index in [1.54, 1.807) is 0 Å². The predicted octanol–water partition coefficient (Wildman–Crippen LogP) is 3.20. The van der Waals surface area contributed by atoms with E-state index < -0.39 is 0 Å². The lowest BCUT2D eigenvalue weighted by Gasteiger charge is -2.12. The van der Waals surface area contributed by atoms with Gasteiger partial charge in [0, 0.05) is 0 Å². The first-order valence-corrected chi connectivity index (χ1v) is 5.46. The van der Waals surface area contributed by atoms with E-state index in [4.69, 9.17) is 0 Å². The lowest BCUT2D eigenvalue weighted by Crippen LogP contribution is -1.80. The Morgan fingerprint density at radius 2 is 2.00 bits per heavy atom. The Balaban J connectivity index is 2.39. The summed E-state index contributed by atoms with van der Waals surface area (Å²) in [6, 6.07) is 9.32. The van der Waals surface area contributed by atoms with Gasteiger partial charge in [0.15, 0.2) is 0 Å². The Hall–Kier alpha value is -0.950. The van der Waals surface area contributed by atoms with E-state index in [1.807, 2.05) is 6.07 Å². The Kier molecular flexibility index (Phi) is 2.05. The van der Waals surface area contributed by atoms with Crippen LogP contribution in [0.15, 0.2) is 46.1 Å². The lowest BCUT2D eigenvalue weighted by atomic mass is 10.2. The molecule has 0 aromatic heterocycles. The molecule has 0 N–H and O–H groups in total. The van der Waals surface area contributed by atoms with Gasteiger partial charge in [0.05, 0.1) is 0 Å². The molecule has 0 saturated heterocycles. The van der Waals surface area contributed by atoms with Crippen LogP contribution in [0.5, 0.6) is 0 Å². The smallest absolute Gasteiger partial charge is 0.00196 e. The minimum absolute atomic E-state index is 0.153. The maximum absolute atomic E-state index is 3.13. The molecule has 1 aliphatic heterocycles. The van der Waals surface area contributed by atoms with Crippen molar-refractivity contribution in [1.29, 1.82) is 0 Å². The zero-order valence-corrected chi connectivity index (χ0v) is 7.88. The van der Waals surface area contributed by atoms with Gasteiger partial charge in [-0.3, -0.25) is 0 Å². The second-order valence-electron chi connectivity index (χ2n) is 2.80. The molecule has 61 valence electrons. The molecule has 2 rings (SSSR count). The van der Waals surface area contributed by atoms with E-state index in [-0.39, 0.29) is 10.9 Å². The zero-order chi connectivity index (χ0) is 8.39. The van der Waals surface area contributed by atoms with Gasteiger partial charge in [0.25, 0.3) is 0 Å². The predicted molar refractivity (Wildman–Crippen MR) is 55.5 cm³/mol. The van der Waals surface area contributed by atoms with E-state index in [0.29, 0.717) is 0 Å². The monoisotopic (exact) mass is 175 g/mol. The average Bonchev–Trinajstić information content (AvgIpc) is 2.57. The summed E-state index contributed by atoms with van der Waals surface area (Å²) in [6.45, 7) is 2.16. The summed E-state index contributed by atoms with van der Waals surface area (Å²) >= 11 is 0. The topological polar surface area (TPSA) is 0 Å². The number of thiol groups is 1. The van der Waals surface area contributed by atoms with Crippen LogP contribution in [-0.2, 0) is 0 Å². The van der Waals surface area contributed by atoms with Crippen LogP contribution in [0.4, 0.5) is 0 Å². The second-order valence-corrected chi connectivity index (χ2v) is 4.70. The number of rotatable bonds is 1. The first-order valence-electron chi connectivity index (χ1n) is 3.98. The van der Waals surface area contributed by atoms with Gasteiger partial charge in [-0.1, -0.05) is 24.3 Å². The molecule has 1 aliphatic rings. The third kappa shape index (κ3) is 1.32. The molecular formula is C11H11S. The molecule has 1 radical (unpaired) electrons. The molecule has 1 heteroatoms. The molecule has 0 atom stereocenters. The van der Waals surface area contributed by atoms with E-state index in [0.717, 1.165) is 0 Å². The van der Waals surface area contributed by atoms with Crippen molar-refractivity contribution in [3.63, 3.8) is 0 Å². The van der Waals surface area contributed by atoms with Gasteiger partial charge in [0.2, 0.25) is 0 Å². The van der Waals surface area contributed by atoms with E-state index in [9.17, 15) is 0 Å². The fourth-order valence-electron chi connectivity index (χ4n) is 1.27. The second kappa shape index (κ2) is 3.20. The van der Waals surface area contributed by atoms with Crippen molar-refractivity contribution in [2.24, 2.45) is 0 Å². The molecule has 0 nitrogen and oxygen atoms in total. The van der Waals surface area contributed by atoms with Crippen LogP contribution >= 0.6 is 10.9 Å². The normalized spacial score (nSPS) is 17.2. The minimum Gasteiger partial charge on any atom is -0.186 e. The van der Waals surface area contributed by atoms with Crippen LogP contribution in [0.1, 0.15) is 5.56 Å². The van der Waals surface area contributed by atoms with Crippen molar-refractivity contribution in [2.75, 3.05) is 0 Å². The molecule has 0 amide bonds. The highest BCUT2D eigenvalue weighted by atomic mass is 32.2. The summed E-state index contributed by atoms with van der Waals surface area (Å²) < 4.78 is 0. The largest absolute Gasteiger partial charge is 0.186 e. The third-order valence-corrected chi connectivity index (χ3v) is 3.96. The van der Waals surface area contributed by atoms with Gasteiger partial charge in [0.1, 0.15) is 0 Å². The van der Waals surface area contributed by atoms with Crippen molar-refractivity contribution >= 4 is 10.9 Å². The Labute approximate surface area is 76.0 Å². The van der Waals surface area contributed by atoms with E-state index in [2.05, 4.69) is 48.1 Å². The average molecular weight is 175 g/mol. The summed E-state index contributed by atoms with van der Waals surface area (Å²) in [5, 5.41) is 4.54. The van der Waals surface area contributed by atoms with Gasteiger partial charge in [-0.15, -0.1) is 0 Å². The highest BCUT2D eigenvalue weighted by molar-refractivity contribution is 8.22. The van der Waals surface area contributed by atoms with Crippen LogP contribution in [0.3, 0.4) is 0 Å². The van der Waals surface area contributed by atoms with Crippen molar-refractivity contribution < 1.29 is 0 Å². The molecule has 0 saturated carbocycles. The number of aryl methyl sites for hydroxylation is 1. The summed E-state index contributed by atoms with van der Waals surface area (Å²) in [4.78, 5) is 1.43. The quantitative estimate of drug-likeness (QED) is 0.623. The highest BCUT2D eigenvalue weighted by Gasteiger charge is 2.04. The third-order valence-electron chi connectivity index (χ3n) is 1.94. The molecular weight excluding hydrogens is 164 g/mol. The lowest BCUT2D eigenvalue weighted by molar-refractivity contribution is 1.30. The van der Waals surface area contributed by atoms with E-state index >= 15 is 0 Å². The van der Waals surface area contributed by atoms with E-state index in [1.165, 1.54) is 10.5 Å². The molecule has 1 aromatic carbocycles. The number of hydrogen-bond acceptors (Lipinski definition) is 0.